The van der Waals surface area contributed by atoms with Crippen molar-refractivity contribution in [1.82, 2.24) is 0 Å². The van der Waals surface area contributed by atoms with Crippen molar-refractivity contribution >= 4 is 4.57 Å². The number of benzene rings is 2. The minimum atomic E-state index is 0.594. The molecule has 2 aromatic rings. The van der Waals surface area contributed by atoms with Crippen LogP contribution in [0.2, 0.25) is 0 Å². The number of hydrogen-bond donors (Lipinski definition) is 0. The predicted octanol–water partition coefficient (Wildman–Crippen LogP) is 2.98. The van der Waals surface area contributed by atoms with Gasteiger partial charge in [-0.05, 0) is 0 Å². The first-order valence-corrected chi connectivity index (χ1v) is 7.78. The van der Waals surface area contributed by atoms with Gasteiger partial charge in [-0.25, -0.2) is 0 Å². The Bertz CT molecular complexity index is 759. The van der Waals surface area contributed by atoms with Gasteiger partial charge in [-0.1, -0.05) is 0 Å². The zero-order chi connectivity index (χ0) is 23.3. The molecule has 0 saturated heterocycles. The van der Waals surface area contributed by atoms with Crippen LogP contribution >= 0.6 is 0 Å². The van der Waals surface area contributed by atoms with Crippen molar-refractivity contribution < 1.29 is 43.8 Å². The molecule has 0 spiro atoms. The fourth-order valence-corrected chi connectivity index (χ4v) is 1.88. The van der Waals surface area contributed by atoms with E-state index in [1.807, 2.05) is 60.7 Å². The Morgan fingerprint density at radius 1 is 0.724 bits per heavy atom. The maximum atomic E-state index is 7.50. The second-order valence-corrected chi connectivity index (χ2v) is 4.50. The molecular weight excluding hydrogens is 412 g/mol. The molecule has 0 amide bonds. The molecule has 6 nitrogen and oxygen atoms in total. The van der Waals surface area contributed by atoms with Crippen molar-refractivity contribution in [3.05, 3.63) is 105 Å². The summed E-state index contributed by atoms with van der Waals surface area (Å²) in [5.74, 6) is 6.21. The second kappa shape index (κ2) is 32.7. The van der Waals surface area contributed by atoms with Gasteiger partial charge in [-0.2, -0.15) is 0 Å². The van der Waals surface area contributed by atoms with Crippen molar-refractivity contribution in [3.8, 4) is 11.8 Å². The van der Waals surface area contributed by atoms with Gasteiger partial charge in [0.1, 0.15) is 0 Å². The first-order valence-electron chi connectivity index (χ1n) is 7.14. The Hall–Kier alpha value is -2.94. The average Bonchev–Trinajstić information content (AvgIpc) is 2.86. The average molecular weight is 426 g/mol. The van der Waals surface area contributed by atoms with Gasteiger partial charge in [0.05, 0.1) is 0 Å². The Balaban J connectivity index is -0.000000273. The van der Waals surface area contributed by atoms with E-state index < -0.39 is 0 Å². The molecular formula is C22H14CrO6. The standard InChI is InChI=1S/C17H14O.5CO.Cr/c1-3-9-16(10-4-1)11-7-8-14-18-15-17-12-5-2-6-13-17;5*1-2;/h1-6,9-10,12-13H,8,14H2;;;;;;. The van der Waals surface area contributed by atoms with Gasteiger partial charge in [0, 0.05) is 0 Å². The van der Waals surface area contributed by atoms with Crippen LogP contribution in [0.1, 0.15) is 17.5 Å². The molecule has 0 saturated carbocycles. The molecule has 0 aliphatic rings. The molecule has 29 heavy (non-hydrogen) atoms. The van der Waals surface area contributed by atoms with E-state index in [0.717, 1.165) is 15.7 Å². The zero-order valence-corrected chi connectivity index (χ0v) is 16.3. The molecule has 0 fully saturated rings. The van der Waals surface area contributed by atoms with Crippen LogP contribution < -0.4 is 0 Å². The topological polar surface area (TPSA) is 109 Å². The van der Waals surface area contributed by atoms with Gasteiger partial charge in [-0.3, -0.25) is 0 Å². The minimum absolute atomic E-state index is 0.594. The molecule has 0 atom stereocenters. The third-order valence-corrected chi connectivity index (χ3v) is 3.03. The predicted molar refractivity (Wildman–Crippen MR) is 94.1 cm³/mol. The van der Waals surface area contributed by atoms with Crippen molar-refractivity contribution in [2.45, 2.75) is 6.42 Å². The van der Waals surface area contributed by atoms with Gasteiger partial charge in [0.25, 0.3) is 0 Å². The molecule has 0 unspecified atom stereocenters. The SMILES string of the molecule is [C-]#[O+].[C-]#[O+].[C-]#[O+].[C-]#[O+].[C-]#[O+].[Cr]=[C](OCCC#Cc1ccccc1)c1ccccc1. The van der Waals surface area contributed by atoms with Crippen LogP contribution in [-0.4, -0.2) is 11.2 Å². The van der Waals surface area contributed by atoms with Crippen molar-refractivity contribution in [2.75, 3.05) is 6.61 Å². The van der Waals surface area contributed by atoms with Crippen molar-refractivity contribution in [1.29, 1.82) is 0 Å². The first-order chi connectivity index (χ1) is 14.4. The second-order valence-electron chi connectivity index (χ2n) is 3.92. The van der Waals surface area contributed by atoms with Gasteiger partial charge in [0.15, 0.2) is 0 Å². The Labute approximate surface area is 178 Å². The zero-order valence-electron chi connectivity index (χ0n) is 15.0. The molecule has 7 heteroatoms. The van der Waals surface area contributed by atoms with Gasteiger partial charge in [-0.15, -0.1) is 0 Å². The quantitative estimate of drug-likeness (QED) is 0.319. The van der Waals surface area contributed by atoms with Gasteiger partial charge < -0.3 is 0 Å². The number of rotatable bonds is 4. The van der Waals surface area contributed by atoms with E-state index in [1.54, 1.807) is 0 Å². The molecule has 0 N–H and O–H groups in total. The van der Waals surface area contributed by atoms with Gasteiger partial charge in [0.2, 0.25) is 0 Å². The molecule has 0 aliphatic heterocycles. The van der Waals surface area contributed by atoms with Crippen LogP contribution in [0.3, 0.4) is 0 Å². The van der Waals surface area contributed by atoms with Crippen molar-refractivity contribution in [3.63, 3.8) is 0 Å². The van der Waals surface area contributed by atoms with Crippen molar-refractivity contribution in [2.24, 2.45) is 0 Å². The molecule has 0 bridgehead atoms. The molecule has 0 heterocycles. The number of ether oxygens (including phenoxy) is 1. The molecule has 144 valence electrons. The van der Waals surface area contributed by atoms with Crippen LogP contribution in [0.25, 0.3) is 0 Å². The van der Waals surface area contributed by atoms with Crippen LogP contribution in [-0.2, 0) is 43.8 Å². The van der Waals surface area contributed by atoms with E-state index in [1.165, 1.54) is 0 Å². The fraction of sp³-hybridized carbons (Fsp3) is 0.0909. The maximum absolute atomic E-state index is 7.50. The summed E-state index contributed by atoms with van der Waals surface area (Å²) >= 11 is 2.95. The first kappa shape index (κ1) is 33.6. The Morgan fingerprint density at radius 3 is 1.59 bits per heavy atom. The third kappa shape index (κ3) is 21.2. The Morgan fingerprint density at radius 2 is 1.14 bits per heavy atom. The molecule has 0 aromatic heterocycles. The monoisotopic (exact) mass is 426 g/mol. The van der Waals surface area contributed by atoms with Crippen LogP contribution in [0.5, 0.6) is 0 Å². The summed E-state index contributed by atoms with van der Waals surface area (Å²) in [6, 6.07) is 20.0. The van der Waals surface area contributed by atoms with Crippen LogP contribution in [0, 0.1) is 45.1 Å². The summed E-state index contributed by atoms with van der Waals surface area (Å²) in [4.78, 5) is 0. The summed E-state index contributed by atoms with van der Waals surface area (Å²) in [7, 11) is 0. The van der Waals surface area contributed by atoms with E-state index in [9.17, 15) is 0 Å². The summed E-state index contributed by atoms with van der Waals surface area (Å²) in [5, 5.41) is 0. The fourth-order valence-electron chi connectivity index (χ4n) is 1.54. The van der Waals surface area contributed by atoms with Gasteiger partial charge >= 0.3 is 178 Å². The van der Waals surface area contributed by atoms with E-state index in [4.69, 9.17) is 28.0 Å². The molecule has 2 rings (SSSR count). The van der Waals surface area contributed by atoms with E-state index in [2.05, 4.69) is 60.9 Å². The molecule has 0 radical (unpaired) electrons. The summed E-state index contributed by atoms with van der Waals surface area (Å²) in [5.41, 5.74) is 2.11. The molecule has 0 aliphatic carbocycles. The summed E-state index contributed by atoms with van der Waals surface area (Å²) in [6.45, 7) is 23.1. The van der Waals surface area contributed by atoms with E-state index >= 15 is 0 Å². The van der Waals surface area contributed by atoms with E-state index in [0.29, 0.717) is 13.0 Å². The summed E-state index contributed by atoms with van der Waals surface area (Å²) < 4.78 is 43.9. The Kier molecular flexibility index (Phi) is 37.9. The summed E-state index contributed by atoms with van der Waals surface area (Å²) in [6.07, 6.45) is 0.715. The van der Waals surface area contributed by atoms with Crippen LogP contribution in [0.15, 0.2) is 60.7 Å². The molecule has 2 aromatic carbocycles. The normalized spacial score (nSPS) is 6.55. The number of hydrogen-bond acceptors (Lipinski definition) is 1. The van der Waals surface area contributed by atoms with E-state index in [-0.39, 0.29) is 0 Å². The third-order valence-electron chi connectivity index (χ3n) is 2.48. The van der Waals surface area contributed by atoms with Crippen LogP contribution in [0.4, 0.5) is 0 Å².